The summed E-state index contributed by atoms with van der Waals surface area (Å²) in [6, 6.07) is 2.89. The maximum absolute atomic E-state index is 14.0. The minimum atomic E-state index is -3.43. The Balaban J connectivity index is 1.43. The van der Waals surface area contributed by atoms with Gasteiger partial charge in [-0.1, -0.05) is 11.8 Å². The van der Waals surface area contributed by atoms with Gasteiger partial charge in [-0.15, -0.1) is 10.8 Å². The van der Waals surface area contributed by atoms with Crippen LogP contribution in [0.3, 0.4) is 0 Å². The molecule has 1 unspecified atom stereocenters. The Morgan fingerprint density at radius 3 is 2.46 bits per heavy atom. The third-order valence-electron chi connectivity index (χ3n) is 5.27. The van der Waals surface area contributed by atoms with Crippen LogP contribution in [0.1, 0.15) is 12.8 Å². The molecule has 1 saturated heterocycles. The first-order valence-electron chi connectivity index (χ1n) is 8.47. The van der Waals surface area contributed by atoms with Gasteiger partial charge in [0.2, 0.25) is 0 Å². The van der Waals surface area contributed by atoms with Crippen LogP contribution in [-0.2, 0) is 7.05 Å². The highest BCUT2D eigenvalue weighted by Crippen LogP contribution is 2.57. The van der Waals surface area contributed by atoms with E-state index in [2.05, 4.69) is 4.98 Å². The molecule has 1 saturated carbocycles. The van der Waals surface area contributed by atoms with Crippen LogP contribution in [-0.4, -0.2) is 41.3 Å². The molecule has 142 valence electrons. The second kappa shape index (κ2) is 6.79. The molecular weight excluding hydrogens is 380 g/mol. The zero-order valence-electron chi connectivity index (χ0n) is 14.3. The van der Waals surface area contributed by atoms with Crippen molar-refractivity contribution in [3.63, 3.8) is 0 Å². The first kappa shape index (κ1) is 18.2. The van der Waals surface area contributed by atoms with Crippen molar-refractivity contribution in [2.24, 2.45) is 18.9 Å². The third kappa shape index (κ3) is 3.27. The molecule has 0 radical (unpaired) electrons. The van der Waals surface area contributed by atoms with Crippen LogP contribution >= 0.6 is 22.5 Å². The number of hydrogen-bond acceptors (Lipinski definition) is 5. The highest BCUT2D eigenvalue weighted by molar-refractivity contribution is 8.22. The van der Waals surface area contributed by atoms with Crippen LogP contribution in [0.2, 0.25) is 0 Å². The van der Waals surface area contributed by atoms with Gasteiger partial charge in [-0.25, -0.2) is 18.1 Å². The van der Waals surface area contributed by atoms with Crippen LogP contribution < -0.4 is 0 Å². The number of nitrogens with zero attached hydrogens (tertiary/aromatic N) is 3. The number of thioether (sulfide) groups is 1. The van der Waals surface area contributed by atoms with E-state index in [1.54, 1.807) is 22.3 Å². The number of aromatic nitrogens is 2. The summed E-state index contributed by atoms with van der Waals surface area (Å²) < 4.78 is 51.9. The van der Waals surface area contributed by atoms with Crippen LogP contribution in [0.5, 0.6) is 0 Å². The Bertz CT molecular complexity index is 803. The van der Waals surface area contributed by atoms with Gasteiger partial charge in [-0.05, 0) is 36.8 Å². The molecular formula is C17H21F2N3O2S2. The number of halogens is 2. The summed E-state index contributed by atoms with van der Waals surface area (Å²) in [5.74, 6) is -0.941. The van der Waals surface area contributed by atoms with Crippen molar-refractivity contribution in [1.29, 1.82) is 0 Å². The van der Waals surface area contributed by atoms with E-state index >= 15 is 0 Å². The zero-order chi connectivity index (χ0) is 18.5. The van der Waals surface area contributed by atoms with Gasteiger partial charge in [0.1, 0.15) is 10.7 Å². The standard InChI is InChI=1S/C17H21F2N3O2S2/c1-21-5-4-20-17(21)25-14-6-11-9-22(10-12(11)7-14)26(23,24)16-3-2-13(18)8-15(16)19/h2-5,8,11-12,14,23-24H,6-7,9-10H2,1H3/t11-,12+,14?. The predicted octanol–water partition coefficient (Wildman–Crippen LogP) is 4.23. The van der Waals surface area contributed by atoms with Crippen molar-refractivity contribution in [3.8, 4) is 0 Å². The lowest BCUT2D eigenvalue weighted by Crippen LogP contribution is -2.27. The van der Waals surface area contributed by atoms with Crippen LogP contribution in [0.15, 0.2) is 40.6 Å². The summed E-state index contributed by atoms with van der Waals surface area (Å²) in [5.41, 5.74) is 0. The fourth-order valence-electron chi connectivity index (χ4n) is 3.96. The summed E-state index contributed by atoms with van der Waals surface area (Å²) in [4.78, 5) is 4.13. The number of fused-ring (bicyclic) bond motifs is 1. The van der Waals surface area contributed by atoms with Crippen molar-refractivity contribution in [1.82, 2.24) is 13.9 Å². The molecule has 0 bridgehead atoms. The second-order valence-electron chi connectivity index (χ2n) is 6.99. The minimum absolute atomic E-state index is 0.224. The van der Waals surface area contributed by atoms with Crippen LogP contribution in [0.4, 0.5) is 8.78 Å². The Labute approximate surface area is 156 Å². The Hall–Kier alpha value is -1.13. The molecule has 2 N–H and O–H groups in total. The molecule has 9 heteroatoms. The molecule has 2 aromatic rings. The van der Waals surface area contributed by atoms with Gasteiger partial charge in [-0.3, -0.25) is 9.11 Å². The minimum Gasteiger partial charge on any atom is -0.329 e. The normalized spacial score (nSPS) is 27.0. The number of aryl methyl sites for hydroxylation is 1. The second-order valence-corrected chi connectivity index (χ2v) is 10.3. The Kier molecular flexibility index (Phi) is 4.77. The fourth-order valence-corrected chi connectivity index (χ4v) is 6.94. The third-order valence-corrected chi connectivity index (χ3v) is 8.53. The molecule has 26 heavy (non-hydrogen) atoms. The molecule has 2 heterocycles. The number of imidazole rings is 1. The molecule has 2 fully saturated rings. The monoisotopic (exact) mass is 401 g/mol. The lowest BCUT2D eigenvalue weighted by molar-refractivity contribution is 0.365. The quantitative estimate of drug-likeness (QED) is 0.803. The molecule has 3 atom stereocenters. The Morgan fingerprint density at radius 1 is 1.19 bits per heavy atom. The first-order chi connectivity index (χ1) is 12.3. The van der Waals surface area contributed by atoms with Gasteiger partial charge in [0.05, 0.1) is 0 Å². The van der Waals surface area contributed by atoms with E-state index in [0.29, 0.717) is 36.2 Å². The lowest BCUT2D eigenvalue weighted by Gasteiger charge is -2.41. The van der Waals surface area contributed by atoms with Crippen molar-refractivity contribution in [3.05, 3.63) is 42.2 Å². The molecule has 2 aliphatic rings. The average Bonchev–Trinajstić information content (AvgIpc) is 3.23. The maximum atomic E-state index is 14.0. The molecule has 1 aromatic heterocycles. The topological polar surface area (TPSA) is 61.5 Å². The molecule has 5 nitrogen and oxygen atoms in total. The van der Waals surface area contributed by atoms with E-state index in [9.17, 15) is 17.9 Å². The molecule has 1 aliphatic heterocycles. The van der Waals surface area contributed by atoms with Crippen LogP contribution in [0, 0.1) is 23.5 Å². The SMILES string of the molecule is Cn1ccnc1SC1C[C@@H]2CN(S(O)(O)c3ccc(F)cc3F)C[C@@H]2C1. The van der Waals surface area contributed by atoms with Gasteiger partial charge < -0.3 is 4.57 Å². The highest BCUT2D eigenvalue weighted by atomic mass is 32.3. The average molecular weight is 402 g/mol. The molecule has 0 spiro atoms. The molecule has 4 rings (SSSR count). The first-order valence-corrected chi connectivity index (χ1v) is 10.9. The molecule has 1 aromatic carbocycles. The summed E-state index contributed by atoms with van der Waals surface area (Å²) in [6.07, 6.45) is 5.65. The predicted molar refractivity (Wildman–Crippen MR) is 98.1 cm³/mol. The van der Waals surface area contributed by atoms with Crippen molar-refractivity contribution in [2.75, 3.05) is 13.1 Å². The van der Waals surface area contributed by atoms with E-state index in [1.165, 1.54) is 0 Å². The van der Waals surface area contributed by atoms with E-state index in [4.69, 9.17) is 0 Å². The van der Waals surface area contributed by atoms with E-state index in [0.717, 1.165) is 30.1 Å². The van der Waals surface area contributed by atoms with Gasteiger partial charge in [0.15, 0.2) is 11.0 Å². The number of benzene rings is 1. The Morgan fingerprint density at radius 2 is 1.88 bits per heavy atom. The zero-order valence-corrected chi connectivity index (χ0v) is 15.9. The van der Waals surface area contributed by atoms with E-state index in [-0.39, 0.29) is 4.90 Å². The summed E-state index contributed by atoms with van der Waals surface area (Å²) >= 11 is 1.76. The summed E-state index contributed by atoms with van der Waals surface area (Å²) in [7, 11) is -1.46. The van der Waals surface area contributed by atoms with Gasteiger partial charge in [0.25, 0.3) is 0 Å². The van der Waals surface area contributed by atoms with Crippen molar-refractivity contribution in [2.45, 2.75) is 28.1 Å². The number of rotatable bonds is 4. The smallest absolute Gasteiger partial charge is 0.167 e. The maximum Gasteiger partial charge on any atom is 0.167 e. The van der Waals surface area contributed by atoms with Gasteiger partial charge >= 0.3 is 0 Å². The largest absolute Gasteiger partial charge is 0.329 e. The summed E-state index contributed by atoms with van der Waals surface area (Å²) in [6.45, 7) is 1.03. The molecule has 0 amide bonds. The highest BCUT2D eigenvalue weighted by Gasteiger charge is 2.45. The lowest BCUT2D eigenvalue weighted by atomic mass is 10.0. The van der Waals surface area contributed by atoms with E-state index in [1.807, 2.05) is 17.8 Å². The van der Waals surface area contributed by atoms with Crippen molar-refractivity contribution < 1.29 is 17.9 Å². The molecule has 1 aliphatic carbocycles. The fraction of sp³-hybridized carbons (Fsp3) is 0.471. The van der Waals surface area contributed by atoms with Crippen molar-refractivity contribution >= 4 is 22.5 Å². The van der Waals surface area contributed by atoms with Gasteiger partial charge in [0, 0.05) is 43.8 Å². The summed E-state index contributed by atoms with van der Waals surface area (Å²) in [5, 5.41) is 1.45. The van der Waals surface area contributed by atoms with Gasteiger partial charge in [-0.2, -0.15) is 0 Å². The van der Waals surface area contributed by atoms with Crippen LogP contribution in [0.25, 0.3) is 0 Å². The number of hydrogen-bond donors (Lipinski definition) is 2. The van der Waals surface area contributed by atoms with E-state index < -0.39 is 22.4 Å².